The molecule has 1 aliphatic carbocycles. The zero-order chi connectivity index (χ0) is 12.1. The van der Waals surface area contributed by atoms with Crippen LogP contribution in [0.5, 0.6) is 0 Å². The molecule has 0 spiro atoms. The summed E-state index contributed by atoms with van der Waals surface area (Å²) in [5, 5.41) is 3.39. The molecule has 0 aromatic heterocycles. The maximum absolute atomic E-state index is 11.7. The minimum Gasteiger partial charge on any atom is -0.468 e. The number of carbonyl (C=O) groups excluding carboxylic acids is 1. The van der Waals surface area contributed by atoms with Crippen molar-refractivity contribution in [3.63, 3.8) is 0 Å². The van der Waals surface area contributed by atoms with Crippen LogP contribution in [-0.4, -0.2) is 49.7 Å². The Kier molecular flexibility index (Phi) is 4.80. The summed E-state index contributed by atoms with van der Waals surface area (Å²) in [6.45, 7) is 3.06. The van der Waals surface area contributed by atoms with Crippen molar-refractivity contribution in [3.8, 4) is 0 Å². The lowest BCUT2D eigenvalue weighted by Crippen LogP contribution is -2.47. The number of carbonyl (C=O) groups is 1. The fourth-order valence-electron chi connectivity index (χ4n) is 2.45. The highest BCUT2D eigenvalue weighted by Crippen LogP contribution is 2.20. The third kappa shape index (κ3) is 4.28. The first kappa shape index (κ1) is 12.8. The summed E-state index contributed by atoms with van der Waals surface area (Å²) in [5.41, 5.74) is 0. The quantitative estimate of drug-likeness (QED) is 0.732. The third-order valence-electron chi connectivity index (χ3n) is 3.64. The van der Waals surface area contributed by atoms with Crippen LogP contribution in [-0.2, 0) is 9.53 Å². The molecule has 4 nitrogen and oxygen atoms in total. The number of ether oxygens (including phenoxy) is 1. The molecule has 98 valence electrons. The molecule has 1 saturated heterocycles. The summed E-state index contributed by atoms with van der Waals surface area (Å²) in [4.78, 5) is 14.1. The van der Waals surface area contributed by atoms with E-state index in [9.17, 15) is 4.79 Å². The van der Waals surface area contributed by atoms with E-state index in [2.05, 4.69) is 10.2 Å². The summed E-state index contributed by atoms with van der Waals surface area (Å²) >= 11 is 0. The molecule has 17 heavy (non-hydrogen) atoms. The first-order chi connectivity index (χ1) is 8.29. The molecule has 0 amide bonds. The highest BCUT2D eigenvalue weighted by molar-refractivity contribution is 5.76. The van der Waals surface area contributed by atoms with Gasteiger partial charge in [-0.15, -0.1) is 0 Å². The average Bonchev–Trinajstić information content (AvgIpc) is 3.14. The number of esters is 1. The minimum atomic E-state index is -0.134. The van der Waals surface area contributed by atoms with Crippen molar-refractivity contribution < 1.29 is 9.53 Å². The number of nitrogens with zero attached hydrogens (tertiary/aromatic N) is 1. The lowest BCUT2D eigenvalue weighted by molar-refractivity contribution is -0.143. The molecule has 0 radical (unpaired) electrons. The van der Waals surface area contributed by atoms with E-state index < -0.39 is 0 Å². The molecule has 1 aliphatic heterocycles. The molecular formula is C13H24N2O2. The zero-order valence-corrected chi connectivity index (χ0v) is 10.8. The molecule has 2 fully saturated rings. The van der Waals surface area contributed by atoms with Crippen LogP contribution in [0, 0.1) is 0 Å². The largest absolute Gasteiger partial charge is 0.468 e. The van der Waals surface area contributed by atoms with E-state index in [1.54, 1.807) is 0 Å². The Morgan fingerprint density at radius 1 is 1.29 bits per heavy atom. The minimum absolute atomic E-state index is 0.110. The van der Waals surface area contributed by atoms with Crippen molar-refractivity contribution in [1.29, 1.82) is 0 Å². The van der Waals surface area contributed by atoms with Crippen LogP contribution in [0.3, 0.4) is 0 Å². The lowest BCUT2D eigenvalue weighted by atomic mass is 10.2. The van der Waals surface area contributed by atoms with Crippen molar-refractivity contribution in [3.05, 3.63) is 0 Å². The van der Waals surface area contributed by atoms with Gasteiger partial charge in [-0.1, -0.05) is 12.8 Å². The van der Waals surface area contributed by atoms with Gasteiger partial charge in [0.2, 0.25) is 0 Å². The van der Waals surface area contributed by atoms with Gasteiger partial charge in [0.15, 0.2) is 0 Å². The Labute approximate surface area is 104 Å². The third-order valence-corrected chi connectivity index (χ3v) is 3.64. The monoisotopic (exact) mass is 240 g/mol. The molecule has 1 N–H and O–H groups in total. The first-order valence-electron chi connectivity index (χ1n) is 6.86. The van der Waals surface area contributed by atoms with Crippen molar-refractivity contribution in [2.75, 3.05) is 26.7 Å². The number of likely N-dealkylation sites (tertiary alicyclic amines) is 1. The molecule has 4 heteroatoms. The standard InChI is InChI=1S/C13H24N2O2/c1-17-13(16)12(14-11-6-7-11)10-15-8-4-2-3-5-9-15/h11-12,14H,2-10H2,1H3. The predicted molar refractivity (Wildman–Crippen MR) is 66.9 cm³/mol. The van der Waals surface area contributed by atoms with Gasteiger partial charge in [0.1, 0.15) is 6.04 Å². The number of hydrogen-bond donors (Lipinski definition) is 1. The van der Waals surface area contributed by atoms with E-state index in [0.29, 0.717) is 6.04 Å². The van der Waals surface area contributed by atoms with Crippen LogP contribution >= 0.6 is 0 Å². The molecule has 1 saturated carbocycles. The average molecular weight is 240 g/mol. The first-order valence-corrected chi connectivity index (χ1v) is 6.86. The van der Waals surface area contributed by atoms with Crippen LogP contribution in [0.25, 0.3) is 0 Å². The van der Waals surface area contributed by atoms with Crippen molar-refractivity contribution in [1.82, 2.24) is 10.2 Å². The highest BCUT2D eigenvalue weighted by Gasteiger charge is 2.30. The molecule has 0 aromatic rings. The van der Waals surface area contributed by atoms with Crippen LogP contribution in [0.4, 0.5) is 0 Å². The molecule has 1 atom stereocenters. The zero-order valence-electron chi connectivity index (χ0n) is 10.8. The van der Waals surface area contributed by atoms with E-state index in [0.717, 1.165) is 19.6 Å². The second-order valence-corrected chi connectivity index (χ2v) is 5.23. The topological polar surface area (TPSA) is 41.6 Å². The normalized spacial score (nSPS) is 24.1. The van der Waals surface area contributed by atoms with Crippen molar-refractivity contribution >= 4 is 5.97 Å². The summed E-state index contributed by atoms with van der Waals surface area (Å²) < 4.78 is 4.89. The number of rotatable bonds is 5. The Balaban J connectivity index is 1.83. The van der Waals surface area contributed by atoms with Crippen LogP contribution in [0.2, 0.25) is 0 Å². The lowest BCUT2D eigenvalue weighted by Gasteiger charge is -2.25. The van der Waals surface area contributed by atoms with Crippen molar-refractivity contribution in [2.24, 2.45) is 0 Å². The van der Waals surface area contributed by atoms with E-state index in [4.69, 9.17) is 4.74 Å². The molecule has 0 bridgehead atoms. The fraction of sp³-hybridized carbons (Fsp3) is 0.923. The van der Waals surface area contributed by atoms with Crippen LogP contribution in [0.15, 0.2) is 0 Å². The van der Waals surface area contributed by atoms with Crippen LogP contribution < -0.4 is 5.32 Å². The molecule has 1 heterocycles. The van der Waals surface area contributed by atoms with Gasteiger partial charge in [0.25, 0.3) is 0 Å². The van der Waals surface area contributed by atoms with E-state index >= 15 is 0 Å². The van der Waals surface area contributed by atoms with Gasteiger partial charge < -0.3 is 15.0 Å². The summed E-state index contributed by atoms with van der Waals surface area (Å²) in [7, 11) is 1.48. The fourth-order valence-corrected chi connectivity index (χ4v) is 2.45. The number of nitrogens with one attached hydrogen (secondary N) is 1. The molecule has 2 aliphatic rings. The Bertz CT molecular complexity index is 246. The smallest absolute Gasteiger partial charge is 0.324 e. The molecule has 2 rings (SSSR count). The second-order valence-electron chi connectivity index (χ2n) is 5.23. The van der Waals surface area contributed by atoms with Gasteiger partial charge in [0.05, 0.1) is 7.11 Å². The van der Waals surface area contributed by atoms with Gasteiger partial charge in [-0.2, -0.15) is 0 Å². The van der Waals surface area contributed by atoms with Gasteiger partial charge in [-0.05, 0) is 38.8 Å². The van der Waals surface area contributed by atoms with Gasteiger partial charge in [-0.3, -0.25) is 4.79 Å². The molecule has 0 aromatic carbocycles. The summed E-state index contributed by atoms with van der Waals surface area (Å²) in [5.74, 6) is -0.110. The summed E-state index contributed by atoms with van der Waals surface area (Å²) in [6, 6.07) is 0.414. The number of methoxy groups -OCH3 is 1. The maximum atomic E-state index is 11.7. The van der Waals surface area contributed by atoms with Crippen LogP contribution in [0.1, 0.15) is 38.5 Å². The highest BCUT2D eigenvalue weighted by atomic mass is 16.5. The van der Waals surface area contributed by atoms with E-state index in [-0.39, 0.29) is 12.0 Å². The predicted octanol–water partition coefficient (Wildman–Crippen LogP) is 1.16. The SMILES string of the molecule is COC(=O)C(CN1CCCCCC1)NC1CC1. The van der Waals surface area contributed by atoms with Gasteiger partial charge >= 0.3 is 5.97 Å². The Morgan fingerprint density at radius 3 is 2.47 bits per heavy atom. The van der Waals surface area contributed by atoms with Gasteiger partial charge in [0, 0.05) is 12.6 Å². The van der Waals surface area contributed by atoms with E-state index in [1.807, 2.05) is 0 Å². The molecule has 1 unspecified atom stereocenters. The summed E-state index contributed by atoms with van der Waals surface area (Å²) in [6.07, 6.45) is 7.58. The maximum Gasteiger partial charge on any atom is 0.324 e. The number of hydrogen-bond acceptors (Lipinski definition) is 4. The van der Waals surface area contributed by atoms with Gasteiger partial charge in [-0.25, -0.2) is 0 Å². The molecular weight excluding hydrogens is 216 g/mol. The Hall–Kier alpha value is -0.610. The van der Waals surface area contributed by atoms with E-state index in [1.165, 1.54) is 45.6 Å². The second kappa shape index (κ2) is 6.36. The Morgan fingerprint density at radius 2 is 1.94 bits per heavy atom. The van der Waals surface area contributed by atoms with Crippen molar-refractivity contribution in [2.45, 2.75) is 50.6 Å².